The van der Waals surface area contributed by atoms with Crippen LogP contribution in [0, 0.1) is 6.92 Å². The Morgan fingerprint density at radius 3 is 2.33 bits per heavy atom. The van der Waals surface area contributed by atoms with Crippen molar-refractivity contribution in [2.45, 2.75) is 65.5 Å². The topological polar surface area (TPSA) is 84.2 Å². The van der Waals surface area contributed by atoms with Crippen molar-refractivity contribution in [2.24, 2.45) is 0 Å². The summed E-state index contributed by atoms with van der Waals surface area (Å²) in [5.41, 5.74) is 0.578. The predicted molar refractivity (Wildman–Crippen MR) is 80.4 cm³/mol. The zero-order chi connectivity index (χ0) is 16.2. The highest BCUT2D eigenvalue weighted by molar-refractivity contribution is 5.95. The summed E-state index contributed by atoms with van der Waals surface area (Å²) in [5, 5.41) is 16.2. The molecular weight excluding hydrogens is 270 g/mol. The maximum atomic E-state index is 12.5. The van der Waals surface area contributed by atoms with Gasteiger partial charge in [-0.1, -0.05) is 13.8 Å². The quantitative estimate of drug-likeness (QED) is 0.809. The first-order chi connectivity index (χ1) is 9.76. The molecule has 0 fully saturated rings. The van der Waals surface area contributed by atoms with E-state index in [-0.39, 0.29) is 18.4 Å². The molecule has 0 radical (unpaired) electrons. The zero-order valence-corrected chi connectivity index (χ0v) is 13.4. The molecule has 0 atom stereocenters. The number of hydrogen-bond donors (Lipinski definition) is 2. The Labute approximate surface area is 125 Å². The molecule has 1 aromatic rings. The van der Waals surface area contributed by atoms with E-state index in [1.807, 2.05) is 34.6 Å². The number of nitrogens with zero attached hydrogens (tertiary/aromatic N) is 2. The lowest BCUT2D eigenvalue weighted by atomic mass is 9.88. The van der Waals surface area contributed by atoms with E-state index in [4.69, 9.17) is 5.11 Å². The van der Waals surface area contributed by atoms with Gasteiger partial charge in [0, 0.05) is 11.7 Å². The number of rotatable bonds is 7. The number of nitrogens with one attached hydrogen (secondary N) is 1. The van der Waals surface area contributed by atoms with Gasteiger partial charge in [0.15, 0.2) is 0 Å². The number of hydrogen-bond acceptors (Lipinski definition) is 3. The van der Waals surface area contributed by atoms with Crippen molar-refractivity contribution in [1.29, 1.82) is 0 Å². The predicted octanol–water partition coefficient (Wildman–Crippen LogP) is 2.54. The lowest BCUT2D eigenvalue weighted by Crippen LogP contribution is -2.49. The molecule has 0 aliphatic carbocycles. The second-order valence-electron chi connectivity index (χ2n) is 5.69. The summed E-state index contributed by atoms with van der Waals surface area (Å²) >= 11 is 0. The van der Waals surface area contributed by atoms with Gasteiger partial charge in [0.05, 0.1) is 23.7 Å². The Bertz CT molecular complexity index is 516. The van der Waals surface area contributed by atoms with Gasteiger partial charge in [-0.05, 0) is 33.6 Å². The molecular formula is C15H25N3O3. The van der Waals surface area contributed by atoms with Crippen LogP contribution in [0.25, 0.3) is 0 Å². The molecule has 6 heteroatoms. The van der Waals surface area contributed by atoms with Gasteiger partial charge < -0.3 is 10.4 Å². The molecule has 1 amide bonds. The molecule has 0 saturated heterocycles. The Morgan fingerprint density at radius 2 is 1.95 bits per heavy atom. The molecule has 0 aliphatic rings. The minimum Gasteiger partial charge on any atom is -0.481 e. The minimum atomic E-state index is -0.909. The summed E-state index contributed by atoms with van der Waals surface area (Å²) in [4.78, 5) is 23.5. The van der Waals surface area contributed by atoms with Crippen LogP contribution in [0.2, 0.25) is 0 Å². The van der Waals surface area contributed by atoms with E-state index < -0.39 is 11.5 Å². The summed E-state index contributed by atoms with van der Waals surface area (Å²) in [5.74, 6) is -1.17. The van der Waals surface area contributed by atoms with Crippen LogP contribution in [0.3, 0.4) is 0 Å². The van der Waals surface area contributed by atoms with E-state index in [1.54, 1.807) is 10.9 Å². The summed E-state index contributed by atoms with van der Waals surface area (Å²) in [6.45, 7) is 9.61. The molecule has 118 valence electrons. The van der Waals surface area contributed by atoms with Crippen LogP contribution in [0.15, 0.2) is 6.20 Å². The first-order valence-electron chi connectivity index (χ1n) is 7.34. The van der Waals surface area contributed by atoms with Crippen LogP contribution >= 0.6 is 0 Å². The van der Waals surface area contributed by atoms with E-state index in [9.17, 15) is 9.59 Å². The van der Waals surface area contributed by atoms with Gasteiger partial charge in [-0.3, -0.25) is 14.3 Å². The van der Waals surface area contributed by atoms with Gasteiger partial charge >= 0.3 is 5.97 Å². The van der Waals surface area contributed by atoms with Crippen LogP contribution < -0.4 is 5.32 Å². The lowest BCUT2D eigenvalue weighted by Gasteiger charge is -2.31. The third kappa shape index (κ3) is 3.83. The van der Waals surface area contributed by atoms with Gasteiger partial charge in [0.2, 0.25) is 0 Å². The molecule has 21 heavy (non-hydrogen) atoms. The first kappa shape index (κ1) is 17.2. The third-order valence-electron chi connectivity index (χ3n) is 4.00. The SMILES string of the molecule is CCC(CC)(CC(=O)O)NC(=O)c1cnn(C(C)C)c1C. The summed E-state index contributed by atoms with van der Waals surface area (Å²) in [7, 11) is 0. The van der Waals surface area contributed by atoms with Gasteiger partial charge in [0.25, 0.3) is 5.91 Å². The molecule has 2 N–H and O–H groups in total. The van der Waals surface area contributed by atoms with Crippen LogP contribution in [0.5, 0.6) is 0 Å². The van der Waals surface area contributed by atoms with Gasteiger partial charge in [-0.2, -0.15) is 5.10 Å². The van der Waals surface area contributed by atoms with Crippen molar-refractivity contribution in [1.82, 2.24) is 15.1 Å². The fourth-order valence-electron chi connectivity index (χ4n) is 2.49. The summed E-state index contributed by atoms with van der Waals surface area (Å²) in [6.07, 6.45) is 2.60. The fourth-order valence-corrected chi connectivity index (χ4v) is 2.49. The van der Waals surface area contributed by atoms with Gasteiger partial charge in [-0.25, -0.2) is 0 Å². The van der Waals surface area contributed by atoms with Crippen molar-refractivity contribution >= 4 is 11.9 Å². The number of amides is 1. The molecule has 0 spiro atoms. The van der Waals surface area contributed by atoms with E-state index in [0.717, 1.165) is 5.69 Å². The smallest absolute Gasteiger partial charge is 0.305 e. The second kappa shape index (κ2) is 6.74. The number of aliphatic carboxylic acids is 1. The second-order valence-corrected chi connectivity index (χ2v) is 5.69. The Morgan fingerprint density at radius 1 is 1.38 bits per heavy atom. The summed E-state index contributed by atoms with van der Waals surface area (Å²) in [6, 6.07) is 0.174. The highest BCUT2D eigenvalue weighted by Crippen LogP contribution is 2.21. The summed E-state index contributed by atoms with van der Waals surface area (Å²) < 4.78 is 1.78. The first-order valence-corrected chi connectivity index (χ1v) is 7.34. The number of carboxylic acids is 1. The standard InChI is InChI=1S/C15H25N3O3/c1-6-15(7-2,8-13(19)20)17-14(21)12-9-16-18(10(3)4)11(12)5/h9-10H,6-8H2,1-5H3,(H,17,21)(H,19,20). The van der Waals surface area contributed by atoms with E-state index in [2.05, 4.69) is 10.4 Å². The molecule has 1 heterocycles. The minimum absolute atomic E-state index is 0.0803. The number of carbonyl (C=O) groups is 2. The zero-order valence-electron chi connectivity index (χ0n) is 13.4. The molecule has 1 aromatic heterocycles. The largest absolute Gasteiger partial charge is 0.481 e. The van der Waals surface area contributed by atoms with Crippen molar-refractivity contribution in [3.05, 3.63) is 17.5 Å². The van der Waals surface area contributed by atoms with Gasteiger partial charge in [-0.15, -0.1) is 0 Å². The fraction of sp³-hybridized carbons (Fsp3) is 0.667. The molecule has 1 rings (SSSR count). The van der Waals surface area contributed by atoms with Crippen LogP contribution in [0.4, 0.5) is 0 Å². The highest BCUT2D eigenvalue weighted by Gasteiger charge is 2.32. The monoisotopic (exact) mass is 295 g/mol. The maximum Gasteiger partial charge on any atom is 0.305 e. The average Bonchev–Trinajstić information content (AvgIpc) is 2.79. The van der Waals surface area contributed by atoms with E-state index in [1.165, 1.54) is 0 Å². The van der Waals surface area contributed by atoms with Gasteiger partial charge in [0.1, 0.15) is 0 Å². The lowest BCUT2D eigenvalue weighted by molar-refractivity contribution is -0.138. The van der Waals surface area contributed by atoms with Crippen molar-refractivity contribution in [2.75, 3.05) is 0 Å². The molecule has 0 saturated carbocycles. The molecule has 0 bridgehead atoms. The molecule has 0 aliphatic heterocycles. The molecule has 0 unspecified atom stereocenters. The van der Waals surface area contributed by atoms with Crippen LogP contribution in [0.1, 0.15) is 69.1 Å². The van der Waals surface area contributed by atoms with Crippen molar-refractivity contribution < 1.29 is 14.7 Å². The number of aromatic nitrogens is 2. The highest BCUT2D eigenvalue weighted by atomic mass is 16.4. The maximum absolute atomic E-state index is 12.5. The number of carboxylic acid groups (broad SMARTS) is 1. The van der Waals surface area contributed by atoms with Crippen molar-refractivity contribution in [3.63, 3.8) is 0 Å². The third-order valence-corrected chi connectivity index (χ3v) is 4.00. The molecule has 6 nitrogen and oxygen atoms in total. The number of carbonyl (C=O) groups excluding carboxylic acids is 1. The average molecular weight is 295 g/mol. The van der Waals surface area contributed by atoms with E-state index >= 15 is 0 Å². The normalized spacial score (nSPS) is 11.7. The van der Waals surface area contributed by atoms with Crippen LogP contribution in [-0.2, 0) is 4.79 Å². The molecule has 0 aromatic carbocycles. The Hall–Kier alpha value is -1.85. The van der Waals surface area contributed by atoms with E-state index in [0.29, 0.717) is 18.4 Å². The van der Waals surface area contributed by atoms with Crippen LogP contribution in [-0.4, -0.2) is 32.3 Å². The van der Waals surface area contributed by atoms with Crippen molar-refractivity contribution in [3.8, 4) is 0 Å². The Balaban J connectivity index is 3.00. The Kier molecular flexibility index (Phi) is 5.52.